The fourth-order valence-electron chi connectivity index (χ4n) is 2.17. The monoisotopic (exact) mass is 351 g/mol. The number of carbonyl (C=O) groups excluding carboxylic acids is 2. The smallest absolute Gasteiger partial charge is 0.411 e. The minimum absolute atomic E-state index is 0.0945. The van der Waals surface area contributed by atoms with Crippen LogP contribution in [-0.4, -0.2) is 83.7 Å². The molecule has 0 unspecified atom stereocenters. The summed E-state index contributed by atoms with van der Waals surface area (Å²) in [6, 6.07) is -0.770. The molecule has 1 rings (SSSR count). The van der Waals surface area contributed by atoms with Crippen LogP contribution in [0.5, 0.6) is 0 Å². The van der Waals surface area contributed by atoms with Crippen LogP contribution in [0.2, 0.25) is 0 Å². The molecule has 0 aliphatic carbocycles. The van der Waals surface area contributed by atoms with Crippen LogP contribution in [0.25, 0.3) is 0 Å². The quantitative estimate of drug-likeness (QED) is 0.593. The molecule has 0 radical (unpaired) electrons. The highest BCUT2D eigenvalue weighted by atomic mass is 32.3. The van der Waals surface area contributed by atoms with Gasteiger partial charge in [0.25, 0.3) is 0 Å². The fourth-order valence-corrected chi connectivity index (χ4v) is 2.99. The number of rotatable bonds is 4. The fraction of sp³-hybridized carbons (Fsp3) is 0.875. The lowest BCUT2D eigenvalue weighted by molar-refractivity contribution is -0.148. The van der Waals surface area contributed by atoms with Crippen molar-refractivity contribution in [1.82, 2.24) is 4.90 Å². The van der Waals surface area contributed by atoms with Crippen LogP contribution in [0.3, 0.4) is 0 Å². The van der Waals surface area contributed by atoms with E-state index >= 15 is 0 Å². The molecule has 0 saturated carbocycles. The molecule has 23 heavy (non-hydrogen) atoms. The van der Waals surface area contributed by atoms with Crippen molar-refractivity contribution in [3.05, 3.63) is 0 Å². The summed E-state index contributed by atoms with van der Waals surface area (Å²) < 4.78 is 10.7. The van der Waals surface area contributed by atoms with Gasteiger partial charge in [-0.25, -0.2) is 9.59 Å². The number of amides is 1. The van der Waals surface area contributed by atoms with E-state index in [9.17, 15) is 14.7 Å². The van der Waals surface area contributed by atoms with Crippen molar-refractivity contribution in [3.63, 3.8) is 0 Å². The predicted octanol–water partition coefficient (Wildman–Crippen LogP) is 1.49. The van der Waals surface area contributed by atoms with Gasteiger partial charge in [-0.3, -0.25) is 14.1 Å². The van der Waals surface area contributed by atoms with Gasteiger partial charge in [-0.1, -0.05) is 0 Å². The number of hydrogen-bond acceptors (Lipinski definition) is 5. The van der Waals surface area contributed by atoms with E-state index in [0.29, 0.717) is 6.61 Å². The van der Waals surface area contributed by atoms with Gasteiger partial charge in [0.15, 0.2) is 0 Å². The molecule has 0 spiro atoms. The van der Waals surface area contributed by atoms with Gasteiger partial charge in [-0.2, -0.15) is 0 Å². The molecular weight excluding hydrogens is 318 g/mol. The van der Waals surface area contributed by atoms with E-state index < -0.39 is 39.0 Å². The average molecular weight is 352 g/mol. The predicted molar refractivity (Wildman–Crippen MR) is 95.9 cm³/mol. The summed E-state index contributed by atoms with van der Waals surface area (Å²) in [4.78, 5) is 25.8. The molecule has 1 aliphatic heterocycles. The Kier molecular flexibility index (Phi) is 5.69. The highest BCUT2D eigenvalue weighted by molar-refractivity contribution is 8.47. The van der Waals surface area contributed by atoms with Gasteiger partial charge in [0.1, 0.15) is 11.6 Å². The Morgan fingerprint density at radius 3 is 2.26 bits per heavy atom. The van der Waals surface area contributed by atoms with Crippen LogP contribution < -0.4 is 0 Å². The van der Waals surface area contributed by atoms with E-state index in [0.717, 1.165) is 5.75 Å². The van der Waals surface area contributed by atoms with E-state index in [2.05, 4.69) is 25.0 Å². The summed E-state index contributed by atoms with van der Waals surface area (Å²) in [7, 11) is -1.74. The molecule has 1 N–H and O–H groups in total. The van der Waals surface area contributed by atoms with Gasteiger partial charge < -0.3 is 14.6 Å². The highest BCUT2D eigenvalue weighted by Gasteiger charge is 2.41. The standard InChI is InChI=1S/C16H33NO5S/c1-16(2,3)22-15(20)17-11-12(18)10-13(17)14(19)21-8-9-23(4,5,6)7/h12-13,18,23H,8-11H2,1-7H3/t12-,13+/m1/s1. The Morgan fingerprint density at radius 1 is 1.22 bits per heavy atom. The summed E-state index contributed by atoms with van der Waals surface area (Å²) in [6.07, 6.45) is 7.73. The number of hydrogen-bond donors (Lipinski definition) is 2. The van der Waals surface area contributed by atoms with Crippen molar-refractivity contribution in [1.29, 1.82) is 0 Å². The lowest BCUT2D eigenvalue weighted by Gasteiger charge is -2.46. The third-order valence-electron chi connectivity index (χ3n) is 3.41. The molecule has 7 heteroatoms. The number of ether oxygens (including phenoxy) is 2. The summed E-state index contributed by atoms with van der Waals surface area (Å²) >= 11 is 0. The molecule has 1 saturated heterocycles. The molecule has 1 fully saturated rings. The lowest BCUT2D eigenvalue weighted by Crippen LogP contribution is -2.44. The first-order chi connectivity index (χ1) is 10.1. The van der Waals surface area contributed by atoms with Gasteiger partial charge >= 0.3 is 12.1 Å². The van der Waals surface area contributed by atoms with Crippen LogP contribution in [0.15, 0.2) is 0 Å². The first-order valence-electron chi connectivity index (χ1n) is 7.98. The number of β-amino-alcohol motifs (C(OH)–C–C–N with tert-alkyl or cyclic N) is 1. The summed E-state index contributed by atoms with van der Waals surface area (Å²) in [5.41, 5.74) is -0.648. The van der Waals surface area contributed by atoms with Crippen molar-refractivity contribution >= 4 is 21.2 Å². The number of aliphatic hydroxyl groups is 1. The molecule has 0 bridgehead atoms. The van der Waals surface area contributed by atoms with E-state index in [-0.39, 0.29) is 13.0 Å². The SMILES string of the molecule is CC(C)(C)OC(=O)N1C[C@H](O)C[C@H]1C(=O)OCC[SH](C)(C)(C)C. The van der Waals surface area contributed by atoms with Crippen LogP contribution in [-0.2, 0) is 14.3 Å². The number of carbonyl (C=O) groups is 2. The Hall–Kier alpha value is -0.950. The van der Waals surface area contributed by atoms with E-state index in [1.54, 1.807) is 20.8 Å². The number of nitrogens with zero attached hydrogens (tertiary/aromatic N) is 1. The molecule has 1 heterocycles. The second kappa shape index (κ2) is 6.51. The molecule has 138 valence electrons. The van der Waals surface area contributed by atoms with E-state index in [1.807, 2.05) is 0 Å². The molecule has 2 atom stereocenters. The molecular formula is C16H33NO5S. The zero-order valence-corrected chi connectivity index (χ0v) is 16.4. The number of likely N-dealkylation sites (tertiary alicyclic amines) is 1. The summed E-state index contributed by atoms with van der Waals surface area (Å²) in [6.45, 7) is 5.72. The minimum Gasteiger partial charge on any atom is -0.463 e. The average Bonchev–Trinajstić information content (AvgIpc) is 2.66. The van der Waals surface area contributed by atoms with Gasteiger partial charge in [0, 0.05) is 6.42 Å². The molecule has 1 amide bonds. The third-order valence-corrected chi connectivity index (χ3v) is 5.38. The second-order valence-corrected chi connectivity index (χ2v) is 17.7. The summed E-state index contributed by atoms with van der Waals surface area (Å²) in [5.74, 6) is 0.367. The maximum Gasteiger partial charge on any atom is 0.411 e. The third kappa shape index (κ3) is 7.44. The zero-order valence-electron chi connectivity index (χ0n) is 15.5. The molecule has 6 nitrogen and oxygen atoms in total. The highest BCUT2D eigenvalue weighted by Crippen LogP contribution is 2.54. The second-order valence-electron chi connectivity index (χ2n) is 9.38. The van der Waals surface area contributed by atoms with E-state index in [1.165, 1.54) is 4.90 Å². The van der Waals surface area contributed by atoms with Gasteiger partial charge in [-0.15, -0.1) is 0 Å². The normalized spacial score (nSPS) is 24.0. The van der Waals surface area contributed by atoms with Crippen molar-refractivity contribution in [2.24, 2.45) is 0 Å². The van der Waals surface area contributed by atoms with Gasteiger partial charge in [0.2, 0.25) is 0 Å². The van der Waals surface area contributed by atoms with Crippen molar-refractivity contribution in [2.45, 2.75) is 44.9 Å². The first kappa shape index (κ1) is 20.1. The summed E-state index contributed by atoms with van der Waals surface area (Å²) in [5, 5.41) is 9.81. The van der Waals surface area contributed by atoms with Crippen molar-refractivity contribution in [3.8, 4) is 0 Å². The molecule has 0 aromatic carbocycles. The van der Waals surface area contributed by atoms with Crippen LogP contribution in [0.1, 0.15) is 27.2 Å². The topological polar surface area (TPSA) is 76.1 Å². The Bertz CT molecular complexity index is 454. The number of aliphatic hydroxyl groups excluding tert-OH is 1. The lowest BCUT2D eigenvalue weighted by atomic mass is 10.2. The van der Waals surface area contributed by atoms with Gasteiger partial charge in [0.05, 0.1) is 19.3 Å². The van der Waals surface area contributed by atoms with E-state index in [4.69, 9.17) is 9.47 Å². The Morgan fingerprint density at radius 2 is 1.78 bits per heavy atom. The molecule has 0 aromatic rings. The van der Waals surface area contributed by atoms with Crippen LogP contribution >= 0.6 is 9.16 Å². The largest absolute Gasteiger partial charge is 0.463 e. The number of thiol groups is 1. The van der Waals surface area contributed by atoms with Crippen LogP contribution in [0, 0.1) is 0 Å². The van der Waals surface area contributed by atoms with Crippen molar-refractivity contribution in [2.75, 3.05) is 43.9 Å². The first-order valence-corrected chi connectivity index (χ1v) is 12.2. The Labute approximate surface area is 139 Å². The van der Waals surface area contributed by atoms with Crippen LogP contribution in [0.4, 0.5) is 4.79 Å². The maximum atomic E-state index is 12.3. The number of esters is 1. The maximum absolute atomic E-state index is 12.3. The Balaban J connectivity index is 2.65. The zero-order chi connectivity index (χ0) is 18.1. The van der Waals surface area contributed by atoms with Crippen molar-refractivity contribution < 1.29 is 24.2 Å². The molecule has 1 aliphatic rings. The molecule has 0 aromatic heterocycles. The van der Waals surface area contributed by atoms with Gasteiger partial charge in [-0.05, 0) is 51.5 Å². The minimum atomic E-state index is -1.74.